The minimum absolute atomic E-state index is 0.631. The maximum atomic E-state index is 4.74. The predicted molar refractivity (Wildman–Crippen MR) is 75.1 cm³/mol. The molecule has 0 aromatic carbocycles. The average Bonchev–Trinajstić information content (AvgIpc) is 3.12. The Balaban J connectivity index is 1.70. The van der Waals surface area contributed by atoms with Crippen LogP contribution in [0.3, 0.4) is 0 Å². The molecule has 0 N–H and O–H groups in total. The second-order valence-corrected chi connectivity index (χ2v) is 5.45. The van der Waals surface area contributed by atoms with Gasteiger partial charge in [-0.3, -0.25) is 4.68 Å². The maximum Gasteiger partial charge on any atom is 0.108 e. The lowest BCUT2D eigenvalue weighted by Crippen LogP contribution is -2.08. The number of rotatable bonds is 5. The van der Waals surface area contributed by atoms with Crippen molar-refractivity contribution in [2.24, 2.45) is 0 Å². The molecule has 0 bridgehead atoms. The molecule has 4 heteroatoms. The van der Waals surface area contributed by atoms with E-state index in [4.69, 9.17) is 5.10 Å². The van der Waals surface area contributed by atoms with Crippen LogP contribution < -0.4 is 0 Å². The molecule has 2 aromatic rings. The minimum atomic E-state index is 0.631. The molecule has 4 nitrogen and oxygen atoms in total. The Morgan fingerprint density at radius 2 is 2.11 bits per heavy atom. The van der Waals surface area contributed by atoms with Gasteiger partial charge in [-0.15, -0.1) is 0 Å². The van der Waals surface area contributed by atoms with E-state index in [1.807, 2.05) is 6.20 Å². The van der Waals surface area contributed by atoms with Crippen LogP contribution in [-0.4, -0.2) is 19.3 Å². The highest BCUT2D eigenvalue weighted by Crippen LogP contribution is 2.28. The van der Waals surface area contributed by atoms with Gasteiger partial charge in [0.2, 0.25) is 0 Å². The Hall–Kier alpha value is -1.58. The molecule has 0 atom stereocenters. The van der Waals surface area contributed by atoms with E-state index in [2.05, 4.69) is 39.6 Å². The molecule has 1 aliphatic rings. The zero-order valence-corrected chi connectivity index (χ0v) is 11.6. The summed E-state index contributed by atoms with van der Waals surface area (Å²) in [5, 5.41) is 4.74. The van der Waals surface area contributed by atoms with Gasteiger partial charge in [-0.05, 0) is 25.3 Å². The van der Waals surface area contributed by atoms with Crippen LogP contribution in [0.2, 0.25) is 0 Å². The predicted octanol–water partition coefficient (Wildman–Crippen LogP) is 3.20. The third kappa shape index (κ3) is 2.72. The topological polar surface area (TPSA) is 35.6 Å². The van der Waals surface area contributed by atoms with Crippen LogP contribution in [0.5, 0.6) is 0 Å². The van der Waals surface area contributed by atoms with Gasteiger partial charge in [-0.2, -0.15) is 5.10 Å². The largest absolute Gasteiger partial charge is 0.329 e. The quantitative estimate of drug-likeness (QED) is 0.825. The molecule has 1 aliphatic carbocycles. The Morgan fingerprint density at radius 3 is 2.89 bits per heavy atom. The van der Waals surface area contributed by atoms with Gasteiger partial charge in [0, 0.05) is 25.0 Å². The highest BCUT2D eigenvalue weighted by Gasteiger charge is 2.17. The second kappa shape index (κ2) is 5.59. The minimum Gasteiger partial charge on any atom is -0.329 e. The Bertz CT molecular complexity index is 520. The van der Waals surface area contributed by atoms with E-state index in [1.54, 1.807) is 0 Å². The Kier molecular flexibility index (Phi) is 3.67. The zero-order valence-electron chi connectivity index (χ0n) is 11.6. The van der Waals surface area contributed by atoms with Crippen molar-refractivity contribution in [2.75, 3.05) is 0 Å². The number of imidazole rings is 1. The number of aryl methyl sites for hydroxylation is 1. The number of nitrogens with zero attached hydrogens (tertiary/aromatic N) is 4. The molecule has 1 fully saturated rings. The molecular weight excluding hydrogens is 236 g/mol. The fourth-order valence-corrected chi connectivity index (χ4v) is 2.94. The van der Waals surface area contributed by atoms with Gasteiger partial charge in [0.15, 0.2) is 0 Å². The molecule has 0 saturated heterocycles. The summed E-state index contributed by atoms with van der Waals surface area (Å²) >= 11 is 0. The highest BCUT2D eigenvalue weighted by atomic mass is 15.3. The third-order valence-electron chi connectivity index (χ3n) is 3.97. The van der Waals surface area contributed by atoms with Gasteiger partial charge in [0.1, 0.15) is 5.82 Å². The summed E-state index contributed by atoms with van der Waals surface area (Å²) in [7, 11) is 0. The van der Waals surface area contributed by atoms with Gasteiger partial charge < -0.3 is 4.57 Å². The van der Waals surface area contributed by atoms with E-state index in [0.717, 1.165) is 30.9 Å². The van der Waals surface area contributed by atoms with Crippen LogP contribution in [0.15, 0.2) is 24.7 Å². The first kappa shape index (κ1) is 12.5. The lowest BCUT2D eigenvalue weighted by atomic mass is 10.3. The molecule has 19 heavy (non-hydrogen) atoms. The molecule has 0 aliphatic heterocycles. The van der Waals surface area contributed by atoms with Gasteiger partial charge in [-0.1, -0.05) is 19.8 Å². The van der Waals surface area contributed by atoms with Crippen LogP contribution >= 0.6 is 0 Å². The van der Waals surface area contributed by atoms with E-state index in [1.165, 1.54) is 25.7 Å². The fraction of sp³-hybridized carbons (Fsp3) is 0.600. The lowest BCUT2D eigenvalue weighted by molar-refractivity contribution is 0.461. The summed E-state index contributed by atoms with van der Waals surface area (Å²) in [6.07, 6.45) is 13.5. The summed E-state index contributed by atoms with van der Waals surface area (Å²) in [6, 6.07) is 2.78. The molecule has 102 valence electrons. The van der Waals surface area contributed by atoms with E-state index in [9.17, 15) is 0 Å². The molecule has 2 heterocycles. The van der Waals surface area contributed by atoms with Crippen LogP contribution in [0.4, 0.5) is 0 Å². The first-order valence-corrected chi connectivity index (χ1v) is 7.41. The van der Waals surface area contributed by atoms with Crippen molar-refractivity contribution in [3.05, 3.63) is 36.2 Å². The van der Waals surface area contributed by atoms with Crippen LogP contribution in [0, 0.1) is 0 Å². The molecule has 2 aromatic heterocycles. The number of aromatic nitrogens is 4. The standard InChI is InChI=1S/C15H22N4/c1-2-5-15-16-9-11-18(15)12-13-8-10-19(17-13)14-6-3-4-7-14/h8-11,14H,2-7,12H2,1H3. The van der Waals surface area contributed by atoms with Crippen molar-refractivity contribution < 1.29 is 0 Å². The normalized spacial score (nSPS) is 16.3. The molecule has 0 unspecified atom stereocenters. The van der Waals surface area contributed by atoms with Crippen LogP contribution in [0.1, 0.15) is 56.6 Å². The fourth-order valence-electron chi connectivity index (χ4n) is 2.94. The second-order valence-electron chi connectivity index (χ2n) is 5.45. The first-order valence-electron chi connectivity index (χ1n) is 7.41. The van der Waals surface area contributed by atoms with E-state index in [0.29, 0.717) is 6.04 Å². The van der Waals surface area contributed by atoms with Crippen molar-refractivity contribution >= 4 is 0 Å². The molecule has 0 amide bonds. The van der Waals surface area contributed by atoms with E-state index >= 15 is 0 Å². The van der Waals surface area contributed by atoms with Crippen molar-refractivity contribution in [3.8, 4) is 0 Å². The summed E-state index contributed by atoms with van der Waals surface area (Å²) in [5.41, 5.74) is 1.14. The van der Waals surface area contributed by atoms with E-state index < -0.39 is 0 Å². The van der Waals surface area contributed by atoms with Crippen molar-refractivity contribution in [1.82, 2.24) is 19.3 Å². The summed E-state index contributed by atoms with van der Waals surface area (Å²) in [5.74, 6) is 1.16. The molecule has 0 radical (unpaired) electrons. The molecular formula is C15H22N4. The summed E-state index contributed by atoms with van der Waals surface area (Å²) < 4.78 is 4.38. The summed E-state index contributed by atoms with van der Waals surface area (Å²) in [4.78, 5) is 4.41. The van der Waals surface area contributed by atoms with Gasteiger partial charge in [-0.25, -0.2) is 4.98 Å². The smallest absolute Gasteiger partial charge is 0.108 e. The van der Waals surface area contributed by atoms with Gasteiger partial charge in [0.25, 0.3) is 0 Å². The number of hydrogen-bond donors (Lipinski definition) is 0. The molecule has 3 rings (SSSR count). The van der Waals surface area contributed by atoms with Gasteiger partial charge in [0.05, 0.1) is 18.3 Å². The van der Waals surface area contributed by atoms with Crippen LogP contribution in [0.25, 0.3) is 0 Å². The third-order valence-corrected chi connectivity index (χ3v) is 3.97. The van der Waals surface area contributed by atoms with E-state index in [-0.39, 0.29) is 0 Å². The van der Waals surface area contributed by atoms with Crippen molar-refractivity contribution in [2.45, 2.75) is 58.0 Å². The Morgan fingerprint density at radius 1 is 1.26 bits per heavy atom. The lowest BCUT2D eigenvalue weighted by Gasteiger charge is -2.09. The first-order chi connectivity index (χ1) is 9.36. The Labute approximate surface area is 114 Å². The molecule has 0 spiro atoms. The molecule has 1 saturated carbocycles. The zero-order chi connectivity index (χ0) is 13.1. The van der Waals surface area contributed by atoms with Gasteiger partial charge >= 0.3 is 0 Å². The maximum absolute atomic E-state index is 4.74. The van der Waals surface area contributed by atoms with Crippen molar-refractivity contribution in [3.63, 3.8) is 0 Å². The van der Waals surface area contributed by atoms with Crippen molar-refractivity contribution in [1.29, 1.82) is 0 Å². The average molecular weight is 258 g/mol. The number of hydrogen-bond acceptors (Lipinski definition) is 2. The summed E-state index contributed by atoms with van der Waals surface area (Å²) in [6.45, 7) is 3.03. The SMILES string of the molecule is CCCc1nccn1Cc1ccn(C2CCCC2)n1. The highest BCUT2D eigenvalue weighted by molar-refractivity contribution is 5.04. The monoisotopic (exact) mass is 258 g/mol. The van der Waals surface area contributed by atoms with Crippen LogP contribution in [-0.2, 0) is 13.0 Å².